The van der Waals surface area contributed by atoms with Crippen LogP contribution in [0.1, 0.15) is 11.3 Å². The van der Waals surface area contributed by atoms with E-state index in [0.29, 0.717) is 6.61 Å². The first-order valence-corrected chi connectivity index (χ1v) is 6.07. The van der Waals surface area contributed by atoms with Crippen molar-refractivity contribution < 1.29 is 4.74 Å². The van der Waals surface area contributed by atoms with Gasteiger partial charge in [0, 0.05) is 5.52 Å². The van der Waals surface area contributed by atoms with E-state index in [-0.39, 0.29) is 0 Å². The number of nitrogens with one attached hydrogen (secondary N) is 1. The first kappa shape index (κ1) is 10.9. The summed E-state index contributed by atoms with van der Waals surface area (Å²) in [5.74, 6) is 0.911. The first-order valence-electron chi connectivity index (χ1n) is 6.07. The molecular formula is C16H15NO. The predicted molar refractivity (Wildman–Crippen MR) is 73.8 cm³/mol. The van der Waals surface area contributed by atoms with E-state index in [2.05, 4.69) is 36.2 Å². The van der Waals surface area contributed by atoms with E-state index >= 15 is 0 Å². The van der Waals surface area contributed by atoms with Crippen molar-refractivity contribution in [2.24, 2.45) is 0 Å². The highest BCUT2D eigenvalue weighted by Crippen LogP contribution is 2.17. The molecule has 2 aromatic carbocycles. The molecule has 90 valence electrons. The Morgan fingerprint density at radius 1 is 1.00 bits per heavy atom. The SMILES string of the molecule is Cc1cccc(OCc2cc3ccccc3[nH]2)c1. The Kier molecular flexibility index (Phi) is 2.77. The van der Waals surface area contributed by atoms with Crippen LogP contribution in [0.15, 0.2) is 54.6 Å². The lowest BCUT2D eigenvalue weighted by molar-refractivity contribution is 0.302. The smallest absolute Gasteiger partial charge is 0.128 e. The summed E-state index contributed by atoms with van der Waals surface area (Å²) in [5, 5.41) is 1.22. The Bertz CT molecular complexity index is 636. The van der Waals surface area contributed by atoms with Crippen molar-refractivity contribution in [2.45, 2.75) is 13.5 Å². The molecule has 0 radical (unpaired) electrons. The fourth-order valence-electron chi connectivity index (χ4n) is 2.08. The van der Waals surface area contributed by atoms with E-state index in [1.807, 2.05) is 30.3 Å². The molecule has 0 amide bonds. The van der Waals surface area contributed by atoms with Gasteiger partial charge in [0.2, 0.25) is 0 Å². The molecule has 2 heteroatoms. The molecule has 0 fully saturated rings. The van der Waals surface area contributed by atoms with Crippen molar-refractivity contribution in [1.29, 1.82) is 0 Å². The van der Waals surface area contributed by atoms with Gasteiger partial charge in [0.05, 0.1) is 5.69 Å². The molecule has 0 unspecified atom stereocenters. The Balaban J connectivity index is 1.76. The summed E-state index contributed by atoms with van der Waals surface area (Å²) in [7, 11) is 0. The summed E-state index contributed by atoms with van der Waals surface area (Å²) in [6.07, 6.45) is 0. The highest BCUT2D eigenvalue weighted by Gasteiger charge is 2.01. The topological polar surface area (TPSA) is 25.0 Å². The third kappa shape index (κ3) is 2.23. The van der Waals surface area contributed by atoms with Gasteiger partial charge in [-0.25, -0.2) is 0 Å². The highest BCUT2D eigenvalue weighted by molar-refractivity contribution is 5.80. The van der Waals surface area contributed by atoms with Gasteiger partial charge in [0.1, 0.15) is 12.4 Å². The molecule has 0 spiro atoms. The second-order valence-electron chi connectivity index (χ2n) is 4.49. The van der Waals surface area contributed by atoms with Crippen LogP contribution in [0.3, 0.4) is 0 Å². The maximum absolute atomic E-state index is 5.77. The van der Waals surface area contributed by atoms with Gasteiger partial charge >= 0.3 is 0 Å². The van der Waals surface area contributed by atoms with Gasteiger partial charge in [-0.2, -0.15) is 0 Å². The number of benzene rings is 2. The van der Waals surface area contributed by atoms with Gasteiger partial charge in [0.25, 0.3) is 0 Å². The summed E-state index contributed by atoms with van der Waals surface area (Å²) < 4.78 is 5.77. The standard InChI is InChI=1S/C16H15NO/c1-12-5-4-7-15(9-12)18-11-14-10-13-6-2-3-8-16(13)17-14/h2-10,17H,11H2,1H3. The number of fused-ring (bicyclic) bond motifs is 1. The van der Waals surface area contributed by atoms with Crippen LogP contribution in [0.5, 0.6) is 5.75 Å². The van der Waals surface area contributed by atoms with E-state index < -0.39 is 0 Å². The molecule has 1 N–H and O–H groups in total. The molecule has 0 aliphatic rings. The molecule has 2 nitrogen and oxygen atoms in total. The molecular weight excluding hydrogens is 222 g/mol. The van der Waals surface area contributed by atoms with Crippen LogP contribution < -0.4 is 4.74 Å². The number of para-hydroxylation sites is 1. The second kappa shape index (κ2) is 4.57. The minimum atomic E-state index is 0.568. The molecule has 0 bridgehead atoms. The summed E-state index contributed by atoms with van der Waals surface area (Å²) in [4.78, 5) is 3.36. The molecule has 18 heavy (non-hydrogen) atoms. The molecule has 1 heterocycles. The lowest BCUT2D eigenvalue weighted by atomic mass is 10.2. The number of aryl methyl sites for hydroxylation is 1. The Labute approximate surface area is 106 Å². The van der Waals surface area contributed by atoms with Crippen LogP contribution in [0.4, 0.5) is 0 Å². The summed E-state index contributed by atoms with van der Waals surface area (Å²) in [5.41, 5.74) is 3.46. The number of hydrogen-bond acceptors (Lipinski definition) is 1. The average molecular weight is 237 g/mol. The van der Waals surface area contributed by atoms with Crippen LogP contribution in [-0.2, 0) is 6.61 Å². The predicted octanol–water partition coefficient (Wildman–Crippen LogP) is 4.06. The third-order valence-corrected chi connectivity index (χ3v) is 2.97. The summed E-state index contributed by atoms with van der Waals surface area (Å²) in [6, 6.07) is 18.5. The normalized spacial score (nSPS) is 10.7. The van der Waals surface area contributed by atoms with Gasteiger partial charge in [0.15, 0.2) is 0 Å². The quantitative estimate of drug-likeness (QED) is 0.730. The molecule has 0 aliphatic carbocycles. The molecule has 0 saturated heterocycles. The molecule has 3 aromatic rings. The summed E-state index contributed by atoms with van der Waals surface area (Å²) >= 11 is 0. The number of hydrogen-bond donors (Lipinski definition) is 1. The van der Waals surface area contributed by atoms with Crippen LogP contribution in [0.2, 0.25) is 0 Å². The molecule has 0 atom stereocenters. The number of aromatic nitrogens is 1. The van der Waals surface area contributed by atoms with Gasteiger partial charge in [-0.05, 0) is 42.1 Å². The van der Waals surface area contributed by atoms with E-state index in [9.17, 15) is 0 Å². The van der Waals surface area contributed by atoms with E-state index in [1.165, 1.54) is 10.9 Å². The van der Waals surface area contributed by atoms with Crippen LogP contribution in [0.25, 0.3) is 10.9 Å². The molecule has 0 saturated carbocycles. The number of H-pyrrole nitrogens is 1. The maximum Gasteiger partial charge on any atom is 0.128 e. The van der Waals surface area contributed by atoms with Gasteiger partial charge in [-0.3, -0.25) is 0 Å². The fraction of sp³-hybridized carbons (Fsp3) is 0.125. The lowest BCUT2D eigenvalue weighted by Gasteiger charge is -2.05. The first-order chi connectivity index (χ1) is 8.81. The summed E-state index contributed by atoms with van der Waals surface area (Å²) in [6.45, 7) is 2.63. The van der Waals surface area contributed by atoms with Gasteiger partial charge < -0.3 is 9.72 Å². The lowest BCUT2D eigenvalue weighted by Crippen LogP contribution is -1.95. The molecule has 1 aromatic heterocycles. The number of aromatic amines is 1. The van der Waals surface area contributed by atoms with E-state index in [0.717, 1.165) is 17.0 Å². The number of rotatable bonds is 3. The van der Waals surface area contributed by atoms with Crippen molar-refractivity contribution in [1.82, 2.24) is 4.98 Å². The molecule has 3 rings (SSSR count). The Hall–Kier alpha value is -2.22. The monoisotopic (exact) mass is 237 g/mol. The van der Waals surface area contributed by atoms with E-state index in [4.69, 9.17) is 4.74 Å². The van der Waals surface area contributed by atoms with Crippen molar-refractivity contribution in [2.75, 3.05) is 0 Å². The van der Waals surface area contributed by atoms with Crippen molar-refractivity contribution in [3.05, 3.63) is 65.9 Å². The Morgan fingerprint density at radius 3 is 2.72 bits per heavy atom. The largest absolute Gasteiger partial charge is 0.487 e. The van der Waals surface area contributed by atoms with Crippen LogP contribution in [-0.4, -0.2) is 4.98 Å². The van der Waals surface area contributed by atoms with Gasteiger partial charge in [-0.1, -0.05) is 30.3 Å². The third-order valence-electron chi connectivity index (χ3n) is 2.97. The van der Waals surface area contributed by atoms with Crippen LogP contribution in [0, 0.1) is 6.92 Å². The van der Waals surface area contributed by atoms with Crippen molar-refractivity contribution in [3.8, 4) is 5.75 Å². The van der Waals surface area contributed by atoms with E-state index in [1.54, 1.807) is 0 Å². The highest BCUT2D eigenvalue weighted by atomic mass is 16.5. The number of ether oxygens (including phenoxy) is 1. The maximum atomic E-state index is 5.77. The van der Waals surface area contributed by atoms with Crippen LogP contribution >= 0.6 is 0 Å². The minimum absolute atomic E-state index is 0.568. The fourth-order valence-corrected chi connectivity index (χ4v) is 2.08. The zero-order valence-electron chi connectivity index (χ0n) is 10.3. The second-order valence-corrected chi connectivity index (χ2v) is 4.49. The van der Waals surface area contributed by atoms with Gasteiger partial charge in [-0.15, -0.1) is 0 Å². The Morgan fingerprint density at radius 2 is 1.89 bits per heavy atom. The minimum Gasteiger partial charge on any atom is -0.487 e. The molecule has 0 aliphatic heterocycles. The average Bonchev–Trinajstić information content (AvgIpc) is 2.79. The van der Waals surface area contributed by atoms with Crippen molar-refractivity contribution in [3.63, 3.8) is 0 Å². The van der Waals surface area contributed by atoms with Crippen molar-refractivity contribution >= 4 is 10.9 Å². The zero-order chi connectivity index (χ0) is 12.4. The zero-order valence-corrected chi connectivity index (χ0v) is 10.3.